The first-order valence-corrected chi connectivity index (χ1v) is 7.93. The maximum Gasteiger partial charge on any atom is 0.176 e. The predicted octanol–water partition coefficient (Wildman–Crippen LogP) is 2.07. The Labute approximate surface area is 145 Å². The van der Waals surface area contributed by atoms with E-state index in [1.165, 1.54) is 0 Å². The molecule has 3 aromatic rings. The Balaban J connectivity index is 1.52. The fourth-order valence-electron chi connectivity index (χ4n) is 2.66. The van der Waals surface area contributed by atoms with E-state index in [2.05, 4.69) is 21.3 Å². The van der Waals surface area contributed by atoms with Gasteiger partial charge >= 0.3 is 0 Å². The Kier molecular flexibility index (Phi) is 4.05. The topological polar surface area (TPSA) is 66.7 Å². The first-order chi connectivity index (χ1) is 12.3. The van der Waals surface area contributed by atoms with Gasteiger partial charge in [0, 0.05) is 6.20 Å². The van der Waals surface area contributed by atoms with Gasteiger partial charge in [-0.15, -0.1) is 10.6 Å². The van der Waals surface area contributed by atoms with Gasteiger partial charge in [-0.25, -0.2) is 10.2 Å². The summed E-state index contributed by atoms with van der Waals surface area (Å²) in [4.78, 5) is 0. The van der Waals surface area contributed by atoms with Crippen molar-refractivity contribution in [1.29, 1.82) is 0 Å². The average molecular weight is 334 g/mol. The molecule has 7 heteroatoms. The lowest BCUT2D eigenvalue weighted by atomic mass is 10.2. The monoisotopic (exact) mass is 334 g/mol. The van der Waals surface area contributed by atoms with Gasteiger partial charge in [-0.05, 0) is 29.8 Å². The van der Waals surface area contributed by atoms with Gasteiger partial charge in [0.1, 0.15) is 5.75 Å². The van der Waals surface area contributed by atoms with Crippen molar-refractivity contribution in [3.63, 3.8) is 0 Å². The maximum absolute atomic E-state index is 5.20. The molecule has 1 aromatic heterocycles. The summed E-state index contributed by atoms with van der Waals surface area (Å²) in [7, 11) is 1.66. The molecule has 0 radical (unpaired) electrons. The van der Waals surface area contributed by atoms with E-state index in [9.17, 15) is 0 Å². The van der Waals surface area contributed by atoms with Gasteiger partial charge in [0.2, 0.25) is 0 Å². The van der Waals surface area contributed by atoms with Gasteiger partial charge in [-0.1, -0.05) is 30.3 Å². The van der Waals surface area contributed by atoms with Crippen molar-refractivity contribution in [3.05, 3.63) is 78.1 Å². The van der Waals surface area contributed by atoms with Crippen molar-refractivity contribution in [2.75, 3.05) is 7.11 Å². The quantitative estimate of drug-likeness (QED) is 0.748. The second kappa shape index (κ2) is 6.66. The van der Waals surface area contributed by atoms with E-state index in [1.54, 1.807) is 7.11 Å². The first kappa shape index (κ1) is 15.2. The van der Waals surface area contributed by atoms with E-state index < -0.39 is 0 Å². The standard InChI is InChI=1S/C18H18N6O/c1-25-17-9-7-14(8-10-17)12-24-18(20-21-22-24)15-11-19-23(13-15)16-5-3-2-4-6-16/h2-11,13,21-22H,12H2,1H3. The number of amidine groups is 1. The van der Waals surface area contributed by atoms with Crippen molar-refractivity contribution in [2.45, 2.75) is 6.54 Å². The summed E-state index contributed by atoms with van der Waals surface area (Å²) in [5.74, 6) is 1.63. The Morgan fingerprint density at radius 1 is 1.04 bits per heavy atom. The van der Waals surface area contributed by atoms with Crippen LogP contribution in [0.3, 0.4) is 0 Å². The van der Waals surface area contributed by atoms with Gasteiger partial charge in [-0.3, -0.25) is 5.01 Å². The fourth-order valence-corrected chi connectivity index (χ4v) is 2.66. The van der Waals surface area contributed by atoms with Gasteiger partial charge in [-0.2, -0.15) is 5.10 Å². The third-order valence-electron chi connectivity index (χ3n) is 3.96. The van der Waals surface area contributed by atoms with E-state index in [1.807, 2.05) is 76.7 Å². The summed E-state index contributed by atoms with van der Waals surface area (Å²) in [6.07, 6.45) is 3.77. The molecule has 0 spiro atoms. The summed E-state index contributed by atoms with van der Waals surface area (Å²) in [6.45, 7) is 0.659. The lowest BCUT2D eigenvalue weighted by Gasteiger charge is -2.18. The molecule has 1 aliphatic rings. The van der Waals surface area contributed by atoms with Crippen LogP contribution in [0.1, 0.15) is 11.1 Å². The molecular formula is C18H18N6O. The first-order valence-electron chi connectivity index (χ1n) is 7.93. The number of hydrogen-bond acceptors (Lipinski definition) is 6. The molecule has 0 fully saturated rings. The molecule has 0 saturated carbocycles. The highest BCUT2D eigenvalue weighted by Gasteiger charge is 2.20. The van der Waals surface area contributed by atoms with Crippen LogP contribution in [0.4, 0.5) is 0 Å². The van der Waals surface area contributed by atoms with Crippen molar-refractivity contribution in [2.24, 2.45) is 5.10 Å². The number of benzene rings is 2. The zero-order valence-electron chi connectivity index (χ0n) is 13.8. The Morgan fingerprint density at radius 2 is 1.84 bits per heavy atom. The molecule has 2 aromatic carbocycles. The highest BCUT2D eigenvalue weighted by molar-refractivity contribution is 5.98. The molecule has 0 saturated heterocycles. The van der Waals surface area contributed by atoms with Crippen LogP contribution < -0.4 is 15.8 Å². The molecule has 0 bridgehead atoms. The number of aromatic nitrogens is 2. The van der Waals surface area contributed by atoms with E-state index >= 15 is 0 Å². The third-order valence-corrected chi connectivity index (χ3v) is 3.96. The minimum Gasteiger partial charge on any atom is -0.497 e. The zero-order valence-corrected chi connectivity index (χ0v) is 13.8. The molecule has 25 heavy (non-hydrogen) atoms. The second-order valence-corrected chi connectivity index (χ2v) is 5.60. The largest absolute Gasteiger partial charge is 0.497 e. The minimum atomic E-state index is 0.659. The number of hydrazone groups is 1. The summed E-state index contributed by atoms with van der Waals surface area (Å²) >= 11 is 0. The Hall–Kier alpha value is -3.32. The molecule has 0 amide bonds. The molecule has 2 N–H and O–H groups in total. The van der Waals surface area contributed by atoms with Gasteiger partial charge in [0.15, 0.2) is 5.84 Å². The van der Waals surface area contributed by atoms with Crippen LogP contribution in [0.5, 0.6) is 5.75 Å². The lowest BCUT2D eigenvalue weighted by Crippen LogP contribution is -2.40. The molecule has 7 nitrogen and oxygen atoms in total. The zero-order chi connectivity index (χ0) is 17.1. The number of nitrogens with one attached hydrogen (secondary N) is 2. The van der Waals surface area contributed by atoms with Crippen LogP contribution in [0.2, 0.25) is 0 Å². The number of hydrogen-bond donors (Lipinski definition) is 2. The van der Waals surface area contributed by atoms with Gasteiger partial charge in [0.25, 0.3) is 0 Å². The number of para-hydroxylation sites is 1. The van der Waals surface area contributed by atoms with Crippen LogP contribution in [0, 0.1) is 0 Å². The Morgan fingerprint density at radius 3 is 2.60 bits per heavy atom. The van der Waals surface area contributed by atoms with Crippen molar-refractivity contribution >= 4 is 5.84 Å². The number of ether oxygens (including phenoxy) is 1. The smallest absolute Gasteiger partial charge is 0.176 e. The molecule has 0 aliphatic carbocycles. The number of methoxy groups -OCH3 is 1. The van der Waals surface area contributed by atoms with Crippen LogP contribution in [-0.2, 0) is 6.54 Å². The van der Waals surface area contributed by atoms with Crippen LogP contribution in [-0.4, -0.2) is 27.7 Å². The van der Waals surface area contributed by atoms with E-state index in [-0.39, 0.29) is 0 Å². The fraction of sp³-hybridized carbons (Fsp3) is 0.111. The summed E-state index contributed by atoms with van der Waals surface area (Å²) in [5, 5.41) is 10.7. The SMILES string of the molecule is COc1ccc(CN2NNN=C2c2cnn(-c3ccccc3)c2)cc1. The average Bonchev–Trinajstić information content (AvgIpc) is 3.32. The molecule has 0 atom stereocenters. The number of rotatable bonds is 5. The van der Waals surface area contributed by atoms with Crippen LogP contribution in [0.25, 0.3) is 5.69 Å². The highest BCUT2D eigenvalue weighted by atomic mass is 16.5. The summed E-state index contributed by atoms with van der Waals surface area (Å²) < 4.78 is 7.03. The minimum absolute atomic E-state index is 0.659. The summed E-state index contributed by atoms with van der Waals surface area (Å²) in [5.41, 5.74) is 8.93. The van der Waals surface area contributed by atoms with E-state index in [0.29, 0.717) is 6.54 Å². The molecule has 1 aliphatic heterocycles. The number of hydrazine groups is 2. The Bertz CT molecular complexity index is 872. The van der Waals surface area contributed by atoms with Crippen molar-refractivity contribution in [1.82, 2.24) is 25.9 Å². The normalized spacial score (nSPS) is 13.5. The molecule has 2 heterocycles. The molecule has 126 valence electrons. The highest BCUT2D eigenvalue weighted by Crippen LogP contribution is 2.16. The van der Waals surface area contributed by atoms with Crippen LogP contribution >= 0.6 is 0 Å². The van der Waals surface area contributed by atoms with E-state index in [0.717, 1.165) is 28.4 Å². The number of nitrogens with zero attached hydrogens (tertiary/aromatic N) is 4. The molecule has 0 unspecified atom stereocenters. The van der Waals surface area contributed by atoms with Crippen molar-refractivity contribution < 1.29 is 4.74 Å². The summed E-state index contributed by atoms with van der Waals surface area (Å²) in [6, 6.07) is 17.9. The molecular weight excluding hydrogens is 316 g/mol. The van der Waals surface area contributed by atoms with Gasteiger partial charge in [0.05, 0.1) is 31.1 Å². The molecule has 4 rings (SSSR count). The van der Waals surface area contributed by atoms with Crippen LogP contribution in [0.15, 0.2) is 72.1 Å². The maximum atomic E-state index is 5.20. The third kappa shape index (κ3) is 3.17. The van der Waals surface area contributed by atoms with Gasteiger partial charge < -0.3 is 4.74 Å². The lowest BCUT2D eigenvalue weighted by molar-refractivity contribution is 0.288. The predicted molar refractivity (Wildman–Crippen MR) is 94.9 cm³/mol. The van der Waals surface area contributed by atoms with E-state index in [4.69, 9.17) is 4.74 Å². The van der Waals surface area contributed by atoms with Crippen molar-refractivity contribution in [3.8, 4) is 11.4 Å². The second-order valence-electron chi connectivity index (χ2n) is 5.60.